The van der Waals surface area contributed by atoms with Crippen LogP contribution in [-0.2, 0) is 15.6 Å². The van der Waals surface area contributed by atoms with Crippen molar-refractivity contribution >= 4 is 43.3 Å². The predicted molar refractivity (Wildman–Crippen MR) is 83.4 cm³/mol. The van der Waals surface area contributed by atoms with E-state index in [4.69, 9.17) is 16.7 Å². The van der Waals surface area contributed by atoms with Crippen molar-refractivity contribution in [2.75, 3.05) is 0 Å². The number of carboxylic acid groups (broad SMARTS) is 1. The van der Waals surface area contributed by atoms with E-state index < -0.39 is 15.8 Å². The Labute approximate surface area is 135 Å². The van der Waals surface area contributed by atoms with Crippen molar-refractivity contribution in [3.8, 4) is 0 Å². The molecule has 21 heavy (non-hydrogen) atoms. The number of sulfone groups is 1. The maximum absolute atomic E-state index is 12.4. The SMILES string of the molecule is O=C(O)c1cc(S(=O)(=O)Cc2ccccc2Cl)ccc1Br. The maximum atomic E-state index is 12.4. The highest BCUT2D eigenvalue weighted by molar-refractivity contribution is 9.10. The maximum Gasteiger partial charge on any atom is 0.336 e. The van der Waals surface area contributed by atoms with Crippen molar-refractivity contribution in [2.45, 2.75) is 10.6 Å². The highest BCUT2D eigenvalue weighted by atomic mass is 79.9. The normalized spacial score (nSPS) is 11.3. The van der Waals surface area contributed by atoms with E-state index in [0.29, 0.717) is 15.1 Å². The Balaban J connectivity index is 2.43. The second kappa shape index (κ2) is 6.17. The molecule has 0 unspecified atom stereocenters. The van der Waals surface area contributed by atoms with E-state index in [1.165, 1.54) is 12.1 Å². The Morgan fingerprint density at radius 2 is 1.86 bits per heavy atom. The van der Waals surface area contributed by atoms with Crippen LogP contribution in [0.1, 0.15) is 15.9 Å². The molecule has 0 aliphatic heterocycles. The van der Waals surface area contributed by atoms with Crippen molar-refractivity contribution in [2.24, 2.45) is 0 Å². The molecule has 0 heterocycles. The van der Waals surface area contributed by atoms with Crippen LogP contribution in [0.2, 0.25) is 5.02 Å². The number of halogens is 2. The minimum atomic E-state index is -3.68. The van der Waals surface area contributed by atoms with Gasteiger partial charge in [0, 0.05) is 9.50 Å². The molecule has 0 bridgehead atoms. The molecule has 0 spiro atoms. The first-order valence-electron chi connectivity index (χ1n) is 5.80. The molecular weight excluding hydrogens is 380 g/mol. The molecule has 110 valence electrons. The van der Waals surface area contributed by atoms with Gasteiger partial charge in [0.2, 0.25) is 0 Å². The summed E-state index contributed by atoms with van der Waals surface area (Å²) in [5.41, 5.74) is 0.370. The van der Waals surface area contributed by atoms with Crippen LogP contribution in [0, 0.1) is 0 Å². The van der Waals surface area contributed by atoms with Gasteiger partial charge in [0.25, 0.3) is 0 Å². The largest absolute Gasteiger partial charge is 0.478 e. The van der Waals surface area contributed by atoms with Crippen LogP contribution in [0.15, 0.2) is 51.8 Å². The molecular formula is C14H10BrClO4S. The summed E-state index contributed by atoms with van der Waals surface area (Å²) in [6, 6.07) is 10.5. The summed E-state index contributed by atoms with van der Waals surface area (Å²) in [4.78, 5) is 11.0. The Hall–Kier alpha value is -1.37. The second-order valence-corrected chi connectivity index (χ2v) is 7.55. The zero-order chi connectivity index (χ0) is 15.6. The van der Waals surface area contributed by atoms with Crippen molar-refractivity contribution in [1.82, 2.24) is 0 Å². The first-order chi connectivity index (χ1) is 9.81. The van der Waals surface area contributed by atoms with Crippen LogP contribution in [0.25, 0.3) is 0 Å². The van der Waals surface area contributed by atoms with Gasteiger partial charge in [0.05, 0.1) is 16.2 Å². The first kappa shape index (κ1) is 16.0. The monoisotopic (exact) mass is 388 g/mol. The summed E-state index contributed by atoms with van der Waals surface area (Å²) in [6.07, 6.45) is 0. The molecule has 0 aliphatic rings. The van der Waals surface area contributed by atoms with Crippen molar-refractivity contribution < 1.29 is 18.3 Å². The van der Waals surface area contributed by atoms with E-state index in [1.807, 2.05) is 0 Å². The Morgan fingerprint density at radius 1 is 1.19 bits per heavy atom. The zero-order valence-electron chi connectivity index (χ0n) is 10.6. The topological polar surface area (TPSA) is 71.4 Å². The third-order valence-electron chi connectivity index (χ3n) is 2.83. The Morgan fingerprint density at radius 3 is 2.48 bits per heavy atom. The zero-order valence-corrected chi connectivity index (χ0v) is 13.7. The smallest absolute Gasteiger partial charge is 0.336 e. The van der Waals surface area contributed by atoms with Gasteiger partial charge < -0.3 is 5.11 Å². The lowest BCUT2D eigenvalue weighted by Crippen LogP contribution is -2.07. The molecule has 0 amide bonds. The predicted octanol–water partition coefficient (Wildman–Crippen LogP) is 3.77. The lowest BCUT2D eigenvalue weighted by Gasteiger charge is -2.08. The van der Waals surface area contributed by atoms with Gasteiger partial charge in [-0.25, -0.2) is 13.2 Å². The molecule has 2 rings (SSSR count). The molecule has 0 radical (unpaired) electrons. The van der Waals surface area contributed by atoms with Crippen molar-refractivity contribution in [1.29, 1.82) is 0 Å². The van der Waals surface area contributed by atoms with E-state index in [9.17, 15) is 13.2 Å². The van der Waals surface area contributed by atoms with E-state index in [0.717, 1.165) is 6.07 Å². The second-order valence-electron chi connectivity index (χ2n) is 4.30. The van der Waals surface area contributed by atoms with Crippen LogP contribution in [-0.4, -0.2) is 19.5 Å². The third-order valence-corrected chi connectivity index (χ3v) is 5.55. The van der Waals surface area contributed by atoms with E-state index in [2.05, 4.69) is 15.9 Å². The molecule has 4 nitrogen and oxygen atoms in total. The lowest BCUT2D eigenvalue weighted by molar-refractivity contribution is 0.0695. The summed E-state index contributed by atoms with van der Waals surface area (Å²) in [5.74, 6) is -1.48. The summed E-state index contributed by atoms with van der Waals surface area (Å²) >= 11 is 9.04. The number of aromatic carboxylic acids is 1. The number of hydrogen-bond acceptors (Lipinski definition) is 3. The number of rotatable bonds is 4. The first-order valence-corrected chi connectivity index (χ1v) is 8.62. The van der Waals surface area contributed by atoms with Gasteiger partial charge in [-0.15, -0.1) is 0 Å². The van der Waals surface area contributed by atoms with Crippen LogP contribution in [0.4, 0.5) is 0 Å². The van der Waals surface area contributed by atoms with Crippen LogP contribution in [0.3, 0.4) is 0 Å². The van der Waals surface area contributed by atoms with Gasteiger partial charge in [-0.3, -0.25) is 0 Å². The van der Waals surface area contributed by atoms with E-state index in [1.54, 1.807) is 24.3 Å². The average Bonchev–Trinajstić information content (AvgIpc) is 2.41. The number of benzene rings is 2. The minimum Gasteiger partial charge on any atom is -0.478 e. The molecule has 0 fully saturated rings. The Kier molecular flexibility index (Phi) is 4.70. The van der Waals surface area contributed by atoms with E-state index >= 15 is 0 Å². The van der Waals surface area contributed by atoms with Gasteiger partial charge >= 0.3 is 5.97 Å². The molecule has 1 N–H and O–H groups in total. The fourth-order valence-electron chi connectivity index (χ4n) is 1.77. The van der Waals surface area contributed by atoms with Crippen LogP contribution < -0.4 is 0 Å². The summed E-state index contributed by atoms with van der Waals surface area (Å²) in [6.45, 7) is 0. The number of carbonyl (C=O) groups is 1. The number of hydrogen-bond donors (Lipinski definition) is 1. The van der Waals surface area contributed by atoms with Gasteiger partial charge in [0.1, 0.15) is 0 Å². The molecule has 0 aromatic heterocycles. The summed E-state index contributed by atoms with van der Waals surface area (Å²) < 4.78 is 25.1. The molecule has 0 atom stereocenters. The fourth-order valence-corrected chi connectivity index (χ4v) is 3.86. The molecule has 0 saturated carbocycles. The van der Waals surface area contributed by atoms with Gasteiger partial charge in [-0.1, -0.05) is 29.8 Å². The van der Waals surface area contributed by atoms with Gasteiger partial charge in [-0.05, 0) is 45.8 Å². The lowest BCUT2D eigenvalue weighted by atomic mass is 10.2. The van der Waals surface area contributed by atoms with Crippen LogP contribution in [0.5, 0.6) is 0 Å². The average molecular weight is 390 g/mol. The fraction of sp³-hybridized carbons (Fsp3) is 0.0714. The van der Waals surface area contributed by atoms with Crippen molar-refractivity contribution in [3.05, 3.63) is 63.1 Å². The van der Waals surface area contributed by atoms with Crippen LogP contribution >= 0.6 is 27.5 Å². The standard InChI is InChI=1S/C14H10BrClO4S/c15-12-6-5-10(7-11(12)14(17)18)21(19,20)8-9-3-1-2-4-13(9)16/h1-7H,8H2,(H,17,18). The van der Waals surface area contributed by atoms with Crippen molar-refractivity contribution in [3.63, 3.8) is 0 Å². The van der Waals surface area contributed by atoms with Gasteiger partial charge in [0.15, 0.2) is 9.84 Å². The molecule has 0 aliphatic carbocycles. The molecule has 0 saturated heterocycles. The third kappa shape index (κ3) is 3.64. The van der Waals surface area contributed by atoms with E-state index in [-0.39, 0.29) is 16.2 Å². The number of carboxylic acids is 1. The highest BCUT2D eigenvalue weighted by Crippen LogP contribution is 2.25. The molecule has 7 heteroatoms. The summed E-state index contributed by atoms with van der Waals surface area (Å²) in [5, 5.41) is 9.40. The summed E-state index contributed by atoms with van der Waals surface area (Å²) in [7, 11) is -3.68. The highest BCUT2D eigenvalue weighted by Gasteiger charge is 2.20. The minimum absolute atomic E-state index is 0.0528. The Bertz CT molecular complexity index is 802. The quantitative estimate of drug-likeness (QED) is 0.864. The molecule has 2 aromatic carbocycles. The molecule has 2 aromatic rings. The van der Waals surface area contributed by atoms with Gasteiger partial charge in [-0.2, -0.15) is 0 Å².